The van der Waals surface area contributed by atoms with Crippen molar-refractivity contribution < 1.29 is 14.0 Å². The molecule has 2 N–H and O–H groups in total. The number of hydrogen-bond acceptors (Lipinski definition) is 3. The number of piperidine rings is 1. The molecule has 0 bridgehead atoms. The fraction of sp³-hybridized carbons (Fsp3) is 0.364. The molecule has 1 fully saturated rings. The Morgan fingerprint density at radius 3 is 2.46 bits per heavy atom. The summed E-state index contributed by atoms with van der Waals surface area (Å²) in [4.78, 5) is 27.0. The van der Waals surface area contributed by atoms with Crippen LogP contribution in [0.15, 0.2) is 48.5 Å². The molecule has 0 saturated carbocycles. The van der Waals surface area contributed by atoms with Crippen LogP contribution in [0.4, 0.5) is 10.1 Å². The molecule has 2 aromatic carbocycles. The van der Waals surface area contributed by atoms with E-state index >= 15 is 0 Å². The molecule has 0 radical (unpaired) electrons. The Labute approximate surface area is 164 Å². The average molecular weight is 383 g/mol. The molecule has 0 atom stereocenters. The van der Waals surface area contributed by atoms with Crippen LogP contribution in [0, 0.1) is 11.7 Å². The molecule has 0 unspecified atom stereocenters. The quantitative estimate of drug-likeness (QED) is 0.802. The molecule has 1 heterocycles. The van der Waals surface area contributed by atoms with Crippen LogP contribution in [0.1, 0.15) is 40.0 Å². The van der Waals surface area contributed by atoms with Crippen molar-refractivity contribution in [1.29, 1.82) is 0 Å². The number of carbonyl (C=O) groups excluding carboxylic acids is 2. The van der Waals surface area contributed by atoms with E-state index in [-0.39, 0.29) is 17.6 Å². The first-order valence-corrected chi connectivity index (χ1v) is 9.67. The van der Waals surface area contributed by atoms with E-state index in [1.807, 2.05) is 11.9 Å². The zero-order chi connectivity index (χ0) is 19.9. The lowest BCUT2D eigenvalue weighted by Crippen LogP contribution is -2.39. The lowest BCUT2D eigenvalue weighted by atomic mass is 9.93. The van der Waals surface area contributed by atoms with Crippen LogP contribution < -0.4 is 10.6 Å². The number of nitrogens with one attached hydrogen (secondary N) is 2. The lowest BCUT2D eigenvalue weighted by Gasteiger charge is -2.32. The normalized spacial score (nSPS) is 14.7. The van der Waals surface area contributed by atoms with Gasteiger partial charge in [0.2, 0.25) is 0 Å². The minimum absolute atomic E-state index is 0.00931. The maximum absolute atomic E-state index is 13.0. The van der Waals surface area contributed by atoms with Crippen molar-refractivity contribution in [1.82, 2.24) is 10.2 Å². The number of anilines is 1. The van der Waals surface area contributed by atoms with Gasteiger partial charge >= 0.3 is 0 Å². The van der Waals surface area contributed by atoms with Crippen molar-refractivity contribution in [2.45, 2.75) is 19.3 Å². The summed E-state index contributed by atoms with van der Waals surface area (Å²) in [6.07, 6.45) is 3.19. The van der Waals surface area contributed by atoms with Crippen molar-refractivity contribution >= 4 is 17.5 Å². The Morgan fingerprint density at radius 1 is 1.07 bits per heavy atom. The third-order valence-electron chi connectivity index (χ3n) is 5.18. The molecule has 5 nitrogen and oxygen atoms in total. The first-order valence-electron chi connectivity index (χ1n) is 9.67. The SMILES string of the molecule is CNCCC1CCN(C(=O)c2cccc(NC(=O)c3ccc(F)cc3)c2)CC1. The van der Waals surface area contributed by atoms with Gasteiger partial charge in [-0.2, -0.15) is 0 Å². The fourth-order valence-corrected chi connectivity index (χ4v) is 3.49. The highest BCUT2D eigenvalue weighted by Gasteiger charge is 2.23. The van der Waals surface area contributed by atoms with Crippen molar-refractivity contribution in [2.24, 2.45) is 5.92 Å². The van der Waals surface area contributed by atoms with Crippen molar-refractivity contribution in [2.75, 3.05) is 32.0 Å². The van der Waals surface area contributed by atoms with Gasteiger partial charge in [-0.3, -0.25) is 9.59 Å². The van der Waals surface area contributed by atoms with E-state index in [1.54, 1.807) is 24.3 Å². The number of halogens is 1. The van der Waals surface area contributed by atoms with Crippen molar-refractivity contribution in [3.8, 4) is 0 Å². The van der Waals surface area contributed by atoms with E-state index in [0.717, 1.165) is 38.9 Å². The number of rotatable bonds is 6. The van der Waals surface area contributed by atoms with Gasteiger partial charge in [-0.05, 0) is 81.2 Å². The van der Waals surface area contributed by atoms with Gasteiger partial charge in [0.25, 0.3) is 11.8 Å². The van der Waals surface area contributed by atoms with Gasteiger partial charge in [0.1, 0.15) is 5.82 Å². The maximum atomic E-state index is 13.0. The van der Waals surface area contributed by atoms with E-state index in [4.69, 9.17) is 0 Å². The Kier molecular flexibility index (Phi) is 6.76. The number of nitrogens with zero attached hydrogens (tertiary/aromatic N) is 1. The van der Waals surface area contributed by atoms with Gasteiger partial charge in [0, 0.05) is 29.9 Å². The first kappa shape index (κ1) is 20.0. The van der Waals surface area contributed by atoms with Crippen LogP contribution in [0.25, 0.3) is 0 Å². The van der Waals surface area contributed by atoms with Crippen LogP contribution in [0.5, 0.6) is 0 Å². The molecular formula is C22H26FN3O2. The summed E-state index contributed by atoms with van der Waals surface area (Å²) in [5, 5.41) is 5.94. The second kappa shape index (κ2) is 9.46. The fourth-order valence-electron chi connectivity index (χ4n) is 3.49. The Morgan fingerprint density at radius 2 is 1.79 bits per heavy atom. The predicted molar refractivity (Wildman–Crippen MR) is 108 cm³/mol. The van der Waals surface area contributed by atoms with E-state index < -0.39 is 0 Å². The zero-order valence-electron chi connectivity index (χ0n) is 16.1. The summed E-state index contributed by atoms with van der Waals surface area (Å²) in [5.74, 6) is -0.0726. The summed E-state index contributed by atoms with van der Waals surface area (Å²) in [6, 6.07) is 12.3. The topological polar surface area (TPSA) is 61.4 Å². The van der Waals surface area contributed by atoms with Gasteiger partial charge in [0.15, 0.2) is 0 Å². The van der Waals surface area contributed by atoms with Crippen molar-refractivity contribution in [3.63, 3.8) is 0 Å². The number of benzene rings is 2. The van der Waals surface area contributed by atoms with Crippen LogP contribution in [0.3, 0.4) is 0 Å². The van der Waals surface area contributed by atoms with Gasteiger partial charge in [-0.15, -0.1) is 0 Å². The number of amides is 2. The molecule has 1 saturated heterocycles. The summed E-state index contributed by atoms with van der Waals surface area (Å²) >= 11 is 0. The van der Waals surface area contributed by atoms with Crippen molar-refractivity contribution in [3.05, 3.63) is 65.5 Å². The molecule has 2 amide bonds. The lowest BCUT2D eigenvalue weighted by molar-refractivity contribution is 0.0687. The number of likely N-dealkylation sites (tertiary alicyclic amines) is 1. The van der Waals surface area contributed by atoms with Crippen LogP contribution in [-0.4, -0.2) is 43.4 Å². The average Bonchev–Trinajstić information content (AvgIpc) is 2.72. The van der Waals surface area contributed by atoms with Gasteiger partial charge in [-0.25, -0.2) is 4.39 Å². The number of carbonyl (C=O) groups is 2. The van der Waals surface area contributed by atoms with Crippen LogP contribution >= 0.6 is 0 Å². The summed E-state index contributed by atoms with van der Waals surface area (Å²) in [6.45, 7) is 2.53. The first-order chi connectivity index (χ1) is 13.6. The molecule has 3 rings (SSSR count). The highest BCUT2D eigenvalue weighted by Crippen LogP contribution is 2.22. The molecule has 1 aliphatic rings. The summed E-state index contributed by atoms with van der Waals surface area (Å²) in [5.41, 5.74) is 1.47. The number of hydrogen-bond donors (Lipinski definition) is 2. The monoisotopic (exact) mass is 383 g/mol. The Bertz CT molecular complexity index is 815. The van der Waals surface area contributed by atoms with E-state index in [9.17, 15) is 14.0 Å². The minimum atomic E-state index is -0.390. The standard InChI is InChI=1S/C22H26FN3O2/c1-24-12-9-16-10-13-26(14-11-16)22(28)18-3-2-4-20(15-18)25-21(27)17-5-7-19(23)8-6-17/h2-8,15-16,24H,9-14H2,1H3,(H,25,27). The third-order valence-corrected chi connectivity index (χ3v) is 5.18. The zero-order valence-corrected chi connectivity index (χ0v) is 16.1. The Balaban J connectivity index is 1.60. The van der Waals surface area contributed by atoms with Gasteiger partial charge in [0.05, 0.1) is 0 Å². The molecular weight excluding hydrogens is 357 g/mol. The second-order valence-electron chi connectivity index (χ2n) is 7.17. The highest BCUT2D eigenvalue weighted by molar-refractivity contribution is 6.05. The summed E-state index contributed by atoms with van der Waals surface area (Å²) < 4.78 is 13.0. The van der Waals surface area contributed by atoms with Crippen LogP contribution in [-0.2, 0) is 0 Å². The highest BCUT2D eigenvalue weighted by atomic mass is 19.1. The predicted octanol–water partition coefficient (Wildman–Crippen LogP) is 3.54. The van der Waals surface area contributed by atoms with Gasteiger partial charge in [-0.1, -0.05) is 6.07 Å². The maximum Gasteiger partial charge on any atom is 0.255 e. The molecule has 0 spiro atoms. The van der Waals surface area contributed by atoms with E-state index in [0.29, 0.717) is 22.7 Å². The summed E-state index contributed by atoms with van der Waals surface area (Å²) in [7, 11) is 1.96. The Hall–Kier alpha value is -2.73. The molecule has 148 valence electrons. The second-order valence-corrected chi connectivity index (χ2v) is 7.17. The molecule has 0 aliphatic carbocycles. The largest absolute Gasteiger partial charge is 0.339 e. The molecule has 28 heavy (non-hydrogen) atoms. The third kappa shape index (κ3) is 5.16. The van der Waals surface area contributed by atoms with E-state index in [1.165, 1.54) is 24.3 Å². The molecule has 1 aliphatic heterocycles. The van der Waals surface area contributed by atoms with Crippen LogP contribution in [0.2, 0.25) is 0 Å². The smallest absolute Gasteiger partial charge is 0.255 e. The van der Waals surface area contributed by atoms with E-state index in [2.05, 4.69) is 10.6 Å². The molecule has 6 heteroatoms. The minimum Gasteiger partial charge on any atom is -0.339 e. The van der Waals surface area contributed by atoms with Gasteiger partial charge < -0.3 is 15.5 Å². The molecule has 2 aromatic rings. The molecule has 0 aromatic heterocycles.